The van der Waals surface area contributed by atoms with Gasteiger partial charge in [0.25, 0.3) is 0 Å². The molecular weight excluding hydrogens is 372 g/mol. The van der Waals surface area contributed by atoms with Crippen LogP contribution in [0.3, 0.4) is 0 Å². The molecule has 1 heterocycles. The molecule has 112 valence electrons. The molecule has 2 aromatic rings. The summed E-state index contributed by atoms with van der Waals surface area (Å²) in [4.78, 5) is 12.2. The van der Waals surface area contributed by atoms with E-state index in [0.717, 1.165) is 5.56 Å². The lowest BCUT2D eigenvalue weighted by Gasteiger charge is -2.04. The molecule has 1 N–H and O–H groups in total. The lowest BCUT2D eigenvalue weighted by Crippen LogP contribution is -1.95. The second-order valence-electron chi connectivity index (χ2n) is 4.59. The van der Waals surface area contributed by atoms with Gasteiger partial charge in [-0.15, -0.1) is 0 Å². The van der Waals surface area contributed by atoms with Gasteiger partial charge in [0.15, 0.2) is 17.3 Å². The Hall–Kier alpha value is -1.98. The van der Waals surface area contributed by atoms with Crippen molar-refractivity contribution in [3.63, 3.8) is 0 Å². The number of rotatable bonds is 3. The molecule has 0 radical (unpaired) electrons. The molecule has 2 aromatic carbocycles. The molecule has 3 rings (SSSR count). The Kier molecular flexibility index (Phi) is 4.09. The van der Waals surface area contributed by atoms with Crippen LogP contribution in [0, 0.1) is 0 Å². The number of phenolic OH excluding ortho intramolecular Hbond substituents is 1. The summed E-state index contributed by atoms with van der Waals surface area (Å²) in [5.41, 5.74) is 0.926. The van der Waals surface area contributed by atoms with Crippen LogP contribution in [-0.2, 0) is 0 Å². The average molecular weight is 382 g/mol. The number of hydrogen-bond donors (Lipinski definition) is 1. The normalized spacial score (nSPS) is 12.8. The maximum absolute atomic E-state index is 12.2. The molecule has 0 bridgehead atoms. The van der Waals surface area contributed by atoms with Crippen molar-refractivity contribution in [2.45, 2.75) is 0 Å². The summed E-state index contributed by atoms with van der Waals surface area (Å²) < 4.78 is 10.9. The Morgan fingerprint density at radius 1 is 1.23 bits per heavy atom. The number of fused-ring (bicyclic) bond motifs is 1. The molecule has 22 heavy (non-hydrogen) atoms. The van der Waals surface area contributed by atoms with Crippen molar-refractivity contribution in [2.75, 3.05) is 6.79 Å². The summed E-state index contributed by atoms with van der Waals surface area (Å²) >= 11 is 9.05. The minimum atomic E-state index is -0.349. The lowest BCUT2D eigenvalue weighted by atomic mass is 10.1. The Labute approximate surface area is 140 Å². The van der Waals surface area contributed by atoms with Gasteiger partial charge in [-0.25, -0.2) is 0 Å². The summed E-state index contributed by atoms with van der Waals surface area (Å²) in [6.07, 6.45) is 3.01. The zero-order valence-electron chi connectivity index (χ0n) is 11.2. The summed E-state index contributed by atoms with van der Waals surface area (Å²) in [5.74, 6) is 0.839. The number of carbonyl (C=O) groups is 1. The Balaban J connectivity index is 1.85. The minimum absolute atomic E-state index is 0.135. The third-order valence-electron chi connectivity index (χ3n) is 3.12. The topological polar surface area (TPSA) is 55.8 Å². The van der Waals surface area contributed by atoms with E-state index in [2.05, 4.69) is 15.9 Å². The second kappa shape index (κ2) is 6.02. The van der Waals surface area contributed by atoms with Crippen LogP contribution in [-0.4, -0.2) is 17.7 Å². The van der Waals surface area contributed by atoms with Crippen LogP contribution in [0.25, 0.3) is 6.08 Å². The fraction of sp³-hybridized carbons (Fsp3) is 0.0625. The maximum atomic E-state index is 12.2. The van der Waals surface area contributed by atoms with Crippen molar-refractivity contribution in [3.8, 4) is 17.2 Å². The standard InChI is InChI=1S/C16H10BrClO4/c17-12-7-10(18)6-11(16(12)20)13(19)3-1-9-2-4-14-15(5-9)22-8-21-14/h1-7,20H,8H2/b3-1+. The zero-order valence-corrected chi connectivity index (χ0v) is 13.5. The first kappa shape index (κ1) is 14.9. The van der Waals surface area contributed by atoms with Crippen LogP contribution < -0.4 is 9.47 Å². The van der Waals surface area contributed by atoms with Crippen molar-refractivity contribution in [3.05, 3.63) is 57.0 Å². The largest absolute Gasteiger partial charge is 0.506 e. The zero-order chi connectivity index (χ0) is 15.7. The van der Waals surface area contributed by atoms with E-state index >= 15 is 0 Å². The molecular formula is C16H10BrClO4. The molecule has 1 aliphatic rings. The SMILES string of the molecule is O=C(/C=C/c1ccc2c(c1)OCO2)c1cc(Cl)cc(Br)c1O. The lowest BCUT2D eigenvalue weighted by molar-refractivity contribution is 0.104. The molecule has 1 aliphatic heterocycles. The van der Waals surface area contributed by atoms with E-state index in [1.165, 1.54) is 18.2 Å². The van der Waals surface area contributed by atoms with Crippen LogP contribution in [0.4, 0.5) is 0 Å². The summed E-state index contributed by atoms with van der Waals surface area (Å²) in [5, 5.41) is 10.3. The molecule has 0 atom stereocenters. The van der Waals surface area contributed by atoms with Gasteiger partial charge < -0.3 is 14.6 Å². The van der Waals surface area contributed by atoms with Crippen LogP contribution in [0.2, 0.25) is 5.02 Å². The molecule has 0 unspecified atom stereocenters. The molecule has 0 spiro atoms. The second-order valence-corrected chi connectivity index (χ2v) is 5.88. The number of ketones is 1. The van der Waals surface area contributed by atoms with Crippen LogP contribution in [0.15, 0.2) is 40.9 Å². The van der Waals surface area contributed by atoms with E-state index in [0.29, 0.717) is 21.0 Å². The van der Waals surface area contributed by atoms with Crippen molar-refractivity contribution in [2.24, 2.45) is 0 Å². The Morgan fingerprint density at radius 3 is 2.82 bits per heavy atom. The first-order valence-corrected chi connectivity index (χ1v) is 7.52. The Bertz CT molecular complexity index is 786. The van der Waals surface area contributed by atoms with E-state index < -0.39 is 0 Å². The van der Waals surface area contributed by atoms with E-state index in [4.69, 9.17) is 21.1 Å². The Morgan fingerprint density at radius 2 is 2.00 bits per heavy atom. The number of phenols is 1. The van der Waals surface area contributed by atoms with Gasteiger partial charge in [-0.1, -0.05) is 23.7 Å². The van der Waals surface area contributed by atoms with Crippen LogP contribution in [0.1, 0.15) is 15.9 Å². The monoisotopic (exact) mass is 380 g/mol. The van der Waals surface area contributed by atoms with Crippen molar-refractivity contribution in [1.29, 1.82) is 0 Å². The number of halogens is 2. The third-order valence-corrected chi connectivity index (χ3v) is 3.94. The minimum Gasteiger partial charge on any atom is -0.506 e. The number of allylic oxidation sites excluding steroid dienone is 1. The number of benzene rings is 2. The highest BCUT2D eigenvalue weighted by molar-refractivity contribution is 9.10. The van der Waals surface area contributed by atoms with Crippen LogP contribution >= 0.6 is 27.5 Å². The molecule has 0 fully saturated rings. The summed E-state index contributed by atoms with van der Waals surface area (Å²) in [6.45, 7) is 0.200. The van der Waals surface area contributed by atoms with E-state index in [1.807, 2.05) is 6.07 Å². The van der Waals surface area contributed by atoms with Gasteiger partial charge in [0.2, 0.25) is 6.79 Å². The van der Waals surface area contributed by atoms with Crippen molar-refractivity contribution < 1.29 is 19.4 Å². The highest BCUT2D eigenvalue weighted by Crippen LogP contribution is 2.34. The van der Waals surface area contributed by atoms with Crippen molar-refractivity contribution in [1.82, 2.24) is 0 Å². The van der Waals surface area contributed by atoms with Gasteiger partial charge in [0, 0.05) is 5.02 Å². The summed E-state index contributed by atoms with van der Waals surface area (Å²) in [7, 11) is 0. The molecule has 0 amide bonds. The molecule has 6 heteroatoms. The van der Waals surface area contributed by atoms with E-state index in [1.54, 1.807) is 18.2 Å². The van der Waals surface area contributed by atoms with Gasteiger partial charge in [-0.2, -0.15) is 0 Å². The summed E-state index contributed by atoms with van der Waals surface area (Å²) in [6, 6.07) is 8.31. The number of hydrogen-bond acceptors (Lipinski definition) is 4. The highest BCUT2D eigenvalue weighted by Gasteiger charge is 2.14. The highest BCUT2D eigenvalue weighted by atomic mass is 79.9. The molecule has 0 aromatic heterocycles. The number of ether oxygens (including phenoxy) is 2. The maximum Gasteiger partial charge on any atom is 0.231 e. The molecule has 0 aliphatic carbocycles. The van der Waals surface area contributed by atoms with Gasteiger partial charge >= 0.3 is 0 Å². The van der Waals surface area contributed by atoms with Gasteiger partial charge in [-0.3, -0.25) is 4.79 Å². The van der Waals surface area contributed by atoms with Gasteiger partial charge in [-0.05, 0) is 51.8 Å². The predicted molar refractivity (Wildman–Crippen MR) is 86.7 cm³/mol. The fourth-order valence-electron chi connectivity index (χ4n) is 2.03. The third kappa shape index (κ3) is 2.96. The molecule has 0 saturated heterocycles. The van der Waals surface area contributed by atoms with E-state index in [-0.39, 0.29) is 23.9 Å². The van der Waals surface area contributed by atoms with E-state index in [9.17, 15) is 9.90 Å². The first-order chi connectivity index (χ1) is 10.5. The number of aromatic hydroxyl groups is 1. The van der Waals surface area contributed by atoms with Gasteiger partial charge in [0.1, 0.15) is 5.75 Å². The first-order valence-electron chi connectivity index (χ1n) is 6.34. The molecule has 4 nitrogen and oxygen atoms in total. The fourth-order valence-corrected chi connectivity index (χ4v) is 2.84. The smallest absolute Gasteiger partial charge is 0.231 e. The van der Waals surface area contributed by atoms with Crippen molar-refractivity contribution >= 4 is 39.4 Å². The molecule has 0 saturated carbocycles. The van der Waals surface area contributed by atoms with Crippen LogP contribution in [0.5, 0.6) is 17.2 Å². The van der Waals surface area contributed by atoms with Gasteiger partial charge in [0.05, 0.1) is 10.0 Å². The predicted octanol–water partition coefficient (Wildman–Crippen LogP) is 4.43. The quantitative estimate of drug-likeness (QED) is 0.631. The average Bonchev–Trinajstić information content (AvgIpc) is 2.96. The number of carbonyl (C=O) groups excluding carboxylic acids is 1.